The summed E-state index contributed by atoms with van der Waals surface area (Å²) >= 11 is 0. The Kier molecular flexibility index (Phi) is 3.88. The lowest BCUT2D eigenvalue weighted by Crippen LogP contribution is -2.32. The number of aryl methyl sites for hydroxylation is 1. The van der Waals surface area contributed by atoms with E-state index in [0.29, 0.717) is 5.56 Å². The van der Waals surface area contributed by atoms with E-state index in [4.69, 9.17) is 0 Å². The van der Waals surface area contributed by atoms with Crippen molar-refractivity contribution in [2.24, 2.45) is 0 Å². The predicted molar refractivity (Wildman–Crippen MR) is 71.4 cm³/mol. The summed E-state index contributed by atoms with van der Waals surface area (Å²) in [7, 11) is -1.83. The summed E-state index contributed by atoms with van der Waals surface area (Å²) in [6, 6.07) is 9.74. The van der Waals surface area contributed by atoms with Gasteiger partial charge in [-0.15, -0.1) is 0 Å². The van der Waals surface area contributed by atoms with Crippen molar-refractivity contribution in [1.29, 1.82) is 0 Å². The molecule has 0 heterocycles. The molecule has 0 unspecified atom stereocenters. The first kappa shape index (κ1) is 14.6. The normalized spacial score (nSPS) is 11.5. The first-order valence-corrected chi connectivity index (χ1v) is 5.94. The molecule has 2 aromatic carbocycles. The van der Waals surface area contributed by atoms with Crippen LogP contribution in [0.15, 0.2) is 42.5 Å². The molecule has 0 fully saturated rings. The second-order valence-electron chi connectivity index (χ2n) is 4.49. The number of hydrogen-bond donors (Lipinski definition) is 2. The van der Waals surface area contributed by atoms with Crippen LogP contribution in [0.5, 0.6) is 0 Å². The van der Waals surface area contributed by atoms with E-state index >= 15 is 0 Å². The summed E-state index contributed by atoms with van der Waals surface area (Å²) in [4.78, 5) is 0. The smallest absolute Gasteiger partial charge is 0.423 e. The lowest BCUT2D eigenvalue weighted by atomic mass is 9.74. The summed E-state index contributed by atoms with van der Waals surface area (Å²) in [6.07, 6.45) is -4.48. The molecule has 0 radical (unpaired) electrons. The fourth-order valence-corrected chi connectivity index (χ4v) is 2.07. The van der Waals surface area contributed by atoms with Gasteiger partial charge in [0.1, 0.15) is 0 Å². The largest absolute Gasteiger partial charge is 0.489 e. The maximum Gasteiger partial charge on any atom is 0.489 e. The monoisotopic (exact) mass is 280 g/mol. The molecule has 104 valence electrons. The lowest BCUT2D eigenvalue weighted by Gasteiger charge is -2.15. The molecule has 2 rings (SSSR count). The predicted octanol–water partition coefficient (Wildman–Crippen LogP) is 2.36. The topological polar surface area (TPSA) is 40.5 Å². The highest BCUT2D eigenvalue weighted by Crippen LogP contribution is 2.32. The van der Waals surface area contributed by atoms with Crippen LogP contribution in [0.25, 0.3) is 11.1 Å². The fraction of sp³-hybridized carbons (Fsp3) is 0.143. The van der Waals surface area contributed by atoms with Crippen LogP contribution in [0.3, 0.4) is 0 Å². The van der Waals surface area contributed by atoms with Crippen molar-refractivity contribution < 1.29 is 23.2 Å². The maximum absolute atomic E-state index is 12.8. The standard InChI is InChI=1S/C14H12BF3O2/c1-9-4-2-3-5-11(9)12-8-10(14(16,17)18)6-7-13(12)15(19)20/h2-8,19-20H,1H3. The van der Waals surface area contributed by atoms with E-state index in [1.165, 1.54) is 0 Å². The van der Waals surface area contributed by atoms with Crippen molar-refractivity contribution in [1.82, 2.24) is 0 Å². The van der Waals surface area contributed by atoms with Gasteiger partial charge in [0, 0.05) is 0 Å². The van der Waals surface area contributed by atoms with E-state index in [2.05, 4.69) is 0 Å². The van der Waals surface area contributed by atoms with Crippen molar-refractivity contribution in [2.75, 3.05) is 0 Å². The zero-order valence-electron chi connectivity index (χ0n) is 10.6. The van der Waals surface area contributed by atoms with Gasteiger partial charge < -0.3 is 10.0 Å². The van der Waals surface area contributed by atoms with Crippen LogP contribution in [0.4, 0.5) is 13.2 Å². The third kappa shape index (κ3) is 2.86. The van der Waals surface area contributed by atoms with Gasteiger partial charge in [0.15, 0.2) is 0 Å². The third-order valence-electron chi connectivity index (χ3n) is 3.09. The van der Waals surface area contributed by atoms with E-state index in [0.717, 1.165) is 23.8 Å². The lowest BCUT2D eigenvalue weighted by molar-refractivity contribution is -0.137. The second kappa shape index (κ2) is 5.30. The van der Waals surface area contributed by atoms with Crippen molar-refractivity contribution in [2.45, 2.75) is 13.1 Å². The zero-order valence-corrected chi connectivity index (χ0v) is 10.6. The van der Waals surface area contributed by atoms with E-state index in [1.807, 2.05) is 0 Å². The Bertz CT molecular complexity index is 624. The Morgan fingerprint density at radius 3 is 2.15 bits per heavy atom. The number of rotatable bonds is 2. The molecule has 0 saturated carbocycles. The van der Waals surface area contributed by atoms with Crippen molar-refractivity contribution in [3.05, 3.63) is 53.6 Å². The minimum atomic E-state index is -4.48. The molecular formula is C14H12BF3O2. The molecule has 0 aliphatic carbocycles. The van der Waals surface area contributed by atoms with E-state index in [9.17, 15) is 23.2 Å². The second-order valence-corrected chi connectivity index (χ2v) is 4.49. The molecule has 0 aromatic heterocycles. The molecule has 6 heteroatoms. The Morgan fingerprint density at radius 2 is 1.60 bits per heavy atom. The van der Waals surface area contributed by atoms with Crippen molar-refractivity contribution in [3.8, 4) is 11.1 Å². The number of hydrogen-bond acceptors (Lipinski definition) is 2. The molecule has 0 aliphatic rings. The quantitative estimate of drug-likeness (QED) is 0.829. The van der Waals surface area contributed by atoms with Crippen LogP contribution >= 0.6 is 0 Å². The Morgan fingerprint density at radius 1 is 0.950 bits per heavy atom. The molecule has 2 aromatic rings. The number of halogens is 3. The highest BCUT2D eigenvalue weighted by Gasteiger charge is 2.32. The first-order chi connectivity index (χ1) is 9.30. The highest BCUT2D eigenvalue weighted by molar-refractivity contribution is 6.60. The Labute approximate surface area is 114 Å². The average molecular weight is 280 g/mol. The molecule has 2 nitrogen and oxygen atoms in total. The van der Waals surface area contributed by atoms with Gasteiger partial charge in [-0.05, 0) is 35.1 Å². The van der Waals surface area contributed by atoms with Gasteiger partial charge in [0.2, 0.25) is 0 Å². The van der Waals surface area contributed by atoms with Gasteiger partial charge >= 0.3 is 13.3 Å². The molecule has 0 atom stereocenters. The molecular weight excluding hydrogens is 268 g/mol. The van der Waals surface area contributed by atoms with Crippen LogP contribution in [-0.4, -0.2) is 17.2 Å². The zero-order chi connectivity index (χ0) is 14.9. The molecule has 2 N–H and O–H groups in total. The third-order valence-corrected chi connectivity index (χ3v) is 3.09. The molecule has 0 aliphatic heterocycles. The van der Waals surface area contributed by atoms with Crippen LogP contribution in [-0.2, 0) is 6.18 Å². The minimum absolute atomic E-state index is 0.0484. The summed E-state index contributed by atoms with van der Waals surface area (Å²) in [5.41, 5.74) is 0.704. The van der Waals surface area contributed by atoms with E-state index in [1.54, 1.807) is 31.2 Å². The first-order valence-electron chi connectivity index (χ1n) is 5.94. The van der Waals surface area contributed by atoms with Crippen molar-refractivity contribution in [3.63, 3.8) is 0 Å². The maximum atomic E-state index is 12.8. The highest BCUT2D eigenvalue weighted by atomic mass is 19.4. The average Bonchev–Trinajstić information content (AvgIpc) is 2.37. The van der Waals surface area contributed by atoms with Crippen LogP contribution in [0, 0.1) is 6.92 Å². The molecule has 0 saturated heterocycles. The summed E-state index contributed by atoms with van der Waals surface area (Å²) < 4.78 is 38.4. The van der Waals surface area contributed by atoms with Crippen LogP contribution in [0.2, 0.25) is 0 Å². The summed E-state index contributed by atoms with van der Waals surface area (Å²) in [5.74, 6) is 0. The molecule has 0 amide bonds. The number of alkyl halides is 3. The van der Waals surface area contributed by atoms with Gasteiger partial charge in [-0.25, -0.2) is 0 Å². The fourth-order valence-electron chi connectivity index (χ4n) is 2.07. The molecule has 0 spiro atoms. The summed E-state index contributed by atoms with van der Waals surface area (Å²) in [5, 5.41) is 18.6. The van der Waals surface area contributed by atoms with Crippen LogP contribution < -0.4 is 5.46 Å². The summed E-state index contributed by atoms with van der Waals surface area (Å²) in [6.45, 7) is 1.75. The van der Waals surface area contributed by atoms with Gasteiger partial charge in [0.05, 0.1) is 5.56 Å². The van der Waals surface area contributed by atoms with Gasteiger partial charge in [-0.2, -0.15) is 13.2 Å². The van der Waals surface area contributed by atoms with E-state index < -0.39 is 18.9 Å². The Balaban J connectivity index is 2.68. The van der Waals surface area contributed by atoms with Crippen molar-refractivity contribution >= 4 is 12.6 Å². The Hall–Kier alpha value is -1.79. The SMILES string of the molecule is Cc1ccccc1-c1cc(C(F)(F)F)ccc1B(O)O. The number of benzene rings is 2. The van der Waals surface area contributed by atoms with Gasteiger partial charge in [0.25, 0.3) is 0 Å². The van der Waals surface area contributed by atoms with Crippen LogP contribution in [0.1, 0.15) is 11.1 Å². The minimum Gasteiger partial charge on any atom is -0.423 e. The molecule has 0 bridgehead atoms. The molecule has 20 heavy (non-hydrogen) atoms. The van der Waals surface area contributed by atoms with Gasteiger partial charge in [-0.3, -0.25) is 0 Å². The van der Waals surface area contributed by atoms with E-state index in [-0.39, 0.29) is 11.0 Å². The van der Waals surface area contributed by atoms with Gasteiger partial charge in [-0.1, -0.05) is 36.4 Å².